The summed E-state index contributed by atoms with van der Waals surface area (Å²) in [7, 11) is 1.32. The minimum Gasteiger partial charge on any atom is -0.465 e. The zero-order valence-corrected chi connectivity index (χ0v) is 16.9. The second-order valence-electron chi connectivity index (χ2n) is 6.88. The topological polar surface area (TPSA) is 98.5 Å². The number of nitrogens with one attached hydrogen (secondary N) is 1. The fourth-order valence-corrected chi connectivity index (χ4v) is 4.99. The van der Waals surface area contributed by atoms with Crippen LogP contribution >= 0.6 is 11.3 Å². The van der Waals surface area contributed by atoms with Crippen molar-refractivity contribution in [2.24, 2.45) is 5.92 Å². The lowest BCUT2D eigenvalue weighted by Crippen LogP contribution is -2.17. The van der Waals surface area contributed by atoms with Gasteiger partial charge in [0.2, 0.25) is 0 Å². The van der Waals surface area contributed by atoms with E-state index in [1.54, 1.807) is 6.92 Å². The number of thiophene rings is 1. The van der Waals surface area contributed by atoms with Crippen LogP contribution in [0.15, 0.2) is 18.2 Å². The number of anilines is 1. The van der Waals surface area contributed by atoms with Crippen LogP contribution in [0.2, 0.25) is 0 Å². The number of hydrogen-bond acceptors (Lipinski definition) is 6. The fraction of sp³-hybridized carbons (Fsp3) is 0.400. The van der Waals surface area contributed by atoms with Gasteiger partial charge < -0.3 is 10.1 Å². The Morgan fingerprint density at radius 2 is 2.14 bits per heavy atom. The van der Waals surface area contributed by atoms with Crippen LogP contribution in [0, 0.1) is 23.0 Å². The van der Waals surface area contributed by atoms with Crippen LogP contribution in [0.4, 0.5) is 10.7 Å². The second-order valence-corrected chi connectivity index (χ2v) is 7.98. The van der Waals surface area contributed by atoms with E-state index in [1.807, 2.05) is 0 Å². The second kappa shape index (κ2) is 8.10. The van der Waals surface area contributed by atoms with Crippen LogP contribution in [0.25, 0.3) is 0 Å². The summed E-state index contributed by atoms with van der Waals surface area (Å²) in [5.41, 5.74) is 1.75. The maximum atomic E-state index is 12.8. The molecule has 1 aromatic heterocycles. The Labute approximate surface area is 166 Å². The molecule has 0 aliphatic heterocycles. The summed E-state index contributed by atoms with van der Waals surface area (Å²) in [5.74, 6) is -0.380. The van der Waals surface area contributed by atoms with E-state index in [1.165, 1.54) is 36.6 Å². The number of nitrogens with zero attached hydrogens (tertiary/aromatic N) is 1. The Hall–Kier alpha value is -2.74. The molecule has 0 saturated heterocycles. The number of rotatable bonds is 5. The van der Waals surface area contributed by atoms with Gasteiger partial charge in [-0.2, -0.15) is 0 Å². The molecule has 28 heavy (non-hydrogen) atoms. The first-order chi connectivity index (χ1) is 13.4. The smallest absolute Gasteiger partial charge is 0.341 e. The van der Waals surface area contributed by atoms with Crippen molar-refractivity contribution in [2.45, 2.75) is 39.5 Å². The molecule has 8 heteroatoms. The number of methoxy groups -OCH3 is 1. The number of esters is 1. The Morgan fingerprint density at radius 1 is 1.39 bits per heavy atom. The number of carbonyl (C=O) groups is 2. The molecule has 1 atom stereocenters. The van der Waals surface area contributed by atoms with Crippen molar-refractivity contribution in [1.29, 1.82) is 0 Å². The van der Waals surface area contributed by atoms with E-state index in [0.29, 0.717) is 16.5 Å². The lowest BCUT2D eigenvalue weighted by molar-refractivity contribution is -0.385. The summed E-state index contributed by atoms with van der Waals surface area (Å²) in [6, 6.07) is 4.38. The number of carbonyl (C=O) groups excluding carboxylic acids is 2. The molecule has 1 aliphatic carbocycles. The number of hydrogen-bond donors (Lipinski definition) is 1. The highest BCUT2D eigenvalue weighted by Gasteiger charge is 2.30. The summed E-state index contributed by atoms with van der Waals surface area (Å²) >= 11 is 1.40. The third-order valence-electron chi connectivity index (χ3n) is 5.31. The summed E-state index contributed by atoms with van der Waals surface area (Å²) in [6.45, 7) is 3.69. The highest BCUT2D eigenvalue weighted by Crippen LogP contribution is 2.41. The molecule has 0 bridgehead atoms. The molecule has 0 radical (unpaired) electrons. The van der Waals surface area contributed by atoms with Crippen LogP contribution in [-0.4, -0.2) is 23.9 Å². The maximum absolute atomic E-state index is 12.8. The Balaban J connectivity index is 1.97. The Kier molecular flexibility index (Phi) is 5.79. The quantitative estimate of drug-likeness (QED) is 0.450. The first kappa shape index (κ1) is 20.0. The first-order valence-corrected chi connectivity index (χ1v) is 9.97. The van der Waals surface area contributed by atoms with Gasteiger partial charge in [-0.3, -0.25) is 14.9 Å². The number of nitro groups is 1. The van der Waals surface area contributed by atoms with Gasteiger partial charge in [-0.25, -0.2) is 4.79 Å². The van der Waals surface area contributed by atoms with E-state index in [-0.39, 0.29) is 16.8 Å². The molecule has 0 spiro atoms. The molecule has 0 saturated carbocycles. The number of fused-ring (bicyclic) bond motifs is 1. The van der Waals surface area contributed by atoms with Crippen molar-refractivity contribution in [3.63, 3.8) is 0 Å². The van der Waals surface area contributed by atoms with Gasteiger partial charge in [0.05, 0.1) is 17.6 Å². The zero-order valence-electron chi connectivity index (χ0n) is 16.0. The van der Waals surface area contributed by atoms with E-state index >= 15 is 0 Å². The highest BCUT2D eigenvalue weighted by atomic mass is 32.1. The van der Waals surface area contributed by atoms with Gasteiger partial charge in [0.15, 0.2) is 0 Å². The van der Waals surface area contributed by atoms with Crippen molar-refractivity contribution in [3.8, 4) is 0 Å². The summed E-state index contributed by atoms with van der Waals surface area (Å²) in [6.07, 6.45) is 3.73. The third kappa shape index (κ3) is 3.64. The van der Waals surface area contributed by atoms with Crippen LogP contribution in [0.1, 0.15) is 56.5 Å². The molecule has 1 aliphatic rings. The molecular formula is C20H22N2O5S. The lowest BCUT2D eigenvalue weighted by Gasteiger charge is -2.20. The van der Waals surface area contributed by atoms with Crippen molar-refractivity contribution in [1.82, 2.24) is 0 Å². The maximum Gasteiger partial charge on any atom is 0.341 e. The highest BCUT2D eigenvalue weighted by molar-refractivity contribution is 7.17. The molecule has 7 nitrogen and oxygen atoms in total. The van der Waals surface area contributed by atoms with Crippen LogP contribution in [0.3, 0.4) is 0 Å². The predicted molar refractivity (Wildman–Crippen MR) is 107 cm³/mol. The van der Waals surface area contributed by atoms with E-state index in [4.69, 9.17) is 4.74 Å². The third-order valence-corrected chi connectivity index (χ3v) is 6.48. The molecule has 1 heterocycles. The average Bonchev–Trinajstić information content (AvgIpc) is 3.03. The predicted octanol–water partition coefficient (Wildman–Crippen LogP) is 4.52. The average molecular weight is 402 g/mol. The molecule has 2 aromatic rings. The SMILES string of the molecule is CC[C@H]1CCc2c(sc(NC(=O)c3cccc([N+](=O)[O-])c3C)c2C(=O)OC)C1. The number of benzene rings is 1. The molecule has 1 aromatic carbocycles. The van der Waals surface area contributed by atoms with Gasteiger partial charge in [-0.15, -0.1) is 11.3 Å². The van der Waals surface area contributed by atoms with Crippen molar-refractivity contribution >= 4 is 33.9 Å². The summed E-state index contributed by atoms with van der Waals surface area (Å²) < 4.78 is 4.94. The van der Waals surface area contributed by atoms with Gasteiger partial charge in [0.1, 0.15) is 5.00 Å². The minimum absolute atomic E-state index is 0.114. The van der Waals surface area contributed by atoms with Gasteiger partial charge in [0, 0.05) is 22.1 Å². The van der Waals surface area contributed by atoms with E-state index in [0.717, 1.165) is 36.1 Å². The van der Waals surface area contributed by atoms with Crippen molar-refractivity contribution in [3.05, 3.63) is 55.4 Å². The molecule has 148 valence electrons. The lowest BCUT2D eigenvalue weighted by atomic mass is 9.85. The minimum atomic E-state index is -0.513. The Morgan fingerprint density at radius 3 is 2.79 bits per heavy atom. The number of ether oxygens (including phenoxy) is 1. The van der Waals surface area contributed by atoms with Gasteiger partial charge in [-0.1, -0.05) is 19.4 Å². The molecule has 0 fully saturated rings. The van der Waals surface area contributed by atoms with E-state index < -0.39 is 16.8 Å². The molecular weight excluding hydrogens is 380 g/mol. The van der Waals surface area contributed by atoms with Crippen LogP contribution in [-0.2, 0) is 17.6 Å². The summed E-state index contributed by atoms with van der Waals surface area (Å²) in [4.78, 5) is 36.9. The molecule has 0 unspecified atom stereocenters. The van der Waals surface area contributed by atoms with E-state index in [2.05, 4.69) is 12.2 Å². The molecule has 1 amide bonds. The normalized spacial score (nSPS) is 15.6. The van der Waals surface area contributed by atoms with Crippen LogP contribution in [0.5, 0.6) is 0 Å². The zero-order chi connectivity index (χ0) is 20.4. The molecule has 1 N–H and O–H groups in total. The largest absolute Gasteiger partial charge is 0.465 e. The Bertz CT molecular complexity index is 950. The van der Waals surface area contributed by atoms with Gasteiger partial charge in [-0.05, 0) is 43.7 Å². The van der Waals surface area contributed by atoms with Gasteiger partial charge in [0.25, 0.3) is 11.6 Å². The number of nitro benzene ring substituents is 1. The van der Waals surface area contributed by atoms with Crippen molar-refractivity contribution in [2.75, 3.05) is 12.4 Å². The van der Waals surface area contributed by atoms with E-state index in [9.17, 15) is 19.7 Å². The van der Waals surface area contributed by atoms with Gasteiger partial charge >= 0.3 is 5.97 Å². The number of amides is 1. The monoisotopic (exact) mass is 402 g/mol. The molecule has 3 rings (SSSR count). The van der Waals surface area contributed by atoms with Crippen LogP contribution < -0.4 is 5.32 Å². The first-order valence-electron chi connectivity index (χ1n) is 9.15. The summed E-state index contributed by atoms with van der Waals surface area (Å²) in [5, 5.41) is 14.4. The standard InChI is InChI=1S/C20H22N2O5S/c1-4-12-8-9-14-16(10-12)28-19(17(14)20(24)27-3)21-18(23)13-6-5-7-15(11(13)2)22(25)26/h5-7,12H,4,8-10H2,1-3H3,(H,21,23)/t12-/m0/s1. The van der Waals surface area contributed by atoms with Crippen molar-refractivity contribution < 1.29 is 19.2 Å². The fourth-order valence-electron chi connectivity index (χ4n) is 3.65.